The monoisotopic (exact) mass is 583 g/mol. The topological polar surface area (TPSA) is 86.8 Å². The molecular formula is C31H38ClN3O4S. The smallest absolute Gasteiger partial charge is 0.264 e. The molecule has 7 nitrogen and oxygen atoms in total. The van der Waals surface area contributed by atoms with E-state index >= 15 is 0 Å². The second-order valence-electron chi connectivity index (χ2n) is 10.4. The van der Waals surface area contributed by atoms with Gasteiger partial charge in [-0.25, -0.2) is 8.42 Å². The van der Waals surface area contributed by atoms with E-state index in [0.29, 0.717) is 23.7 Å². The molecule has 0 aliphatic carbocycles. The van der Waals surface area contributed by atoms with Crippen LogP contribution in [0, 0.1) is 19.8 Å². The number of rotatable bonds is 12. The lowest BCUT2D eigenvalue weighted by Gasteiger charge is -2.33. The van der Waals surface area contributed by atoms with Gasteiger partial charge < -0.3 is 10.2 Å². The molecule has 0 fully saturated rings. The van der Waals surface area contributed by atoms with Gasteiger partial charge in [0.2, 0.25) is 11.8 Å². The molecule has 0 radical (unpaired) electrons. The number of aryl methyl sites for hydroxylation is 2. The molecule has 0 aliphatic heterocycles. The largest absolute Gasteiger partial charge is 0.354 e. The molecule has 0 spiro atoms. The number of anilines is 1. The lowest BCUT2D eigenvalue weighted by Crippen LogP contribution is -2.52. The maximum absolute atomic E-state index is 14.1. The van der Waals surface area contributed by atoms with Crippen molar-refractivity contribution in [1.82, 2.24) is 10.2 Å². The number of nitrogens with one attached hydrogen (secondary N) is 1. The first-order valence-electron chi connectivity index (χ1n) is 13.4. The Morgan fingerprint density at radius 3 is 1.95 bits per heavy atom. The van der Waals surface area contributed by atoms with Crippen LogP contribution in [-0.4, -0.2) is 44.3 Å². The van der Waals surface area contributed by atoms with Gasteiger partial charge in [-0.1, -0.05) is 79.9 Å². The Balaban J connectivity index is 2.03. The summed E-state index contributed by atoms with van der Waals surface area (Å²) in [5, 5.41) is 3.34. The molecule has 9 heteroatoms. The maximum atomic E-state index is 14.1. The third-order valence-corrected chi connectivity index (χ3v) is 8.59. The first-order chi connectivity index (χ1) is 18.9. The van der Waals surface area contributed by atoms with Gasteiger partial charge >= 0.3 is 0 Å². The first-order valence-corrected chi connectivity index (χ1v) is 15.2. The molecule has 0 bridgehead atoms. The first kappa shape index (κ1) is 31.2. The van der Waals surface area contributed by atoms with Gasteiger partial charge in [-0.3, -0.25) is 13.9 Å². The van der Waals surface area contributed by atoms with Gasteiger partial charge in [-0.2, -0.15) is 0 Å². The fourth-order valence-corrected chi connectivity index (χ4v) is 5.75. The van der Waals surface area contributed by atoms with E-state index in [-0.39, 0.29) is 23.3 Å². The molecule has 3 aromatic rings. The fraction of sp³-hybridized carbons (Fsp3) is 0.355. The Bertz CT molecular complexity index is 1390. The molecule has 3 aromatic carbocycles. The van der Waals surface area contributed by atoms with Gasteiger partial charge in [-0.05, 0) is 68.1 Å². The maximum Gasteiger partial charge on any atom is 0.264 e. The zero-order valence-electron chi connectivity index (χ0n) is 23.7. The molecule has 0 saturated carbocycles. The standard InChI is InChI=1S/C31H38ClN3O4S/c1-6-29(31(37)33-19-22(2)3)34(20-25-11-7-23(4)8-12-25)30(36)21-35(27-15-9-24(5)10-16-27)40(38,39)28-17-13-26(32)14-18-28/h7-18,22,29H,6,19-21H2,1-5H3,(H,33,37). The van der Waals surface area contributed by atoms with Crippen LogP contribution in [0.1, 0.15) is 43.9 Å². The molecule has 3 rings (SSSR count). The minimum Gasteiger partial charge on any atom is -0.354 e. The number of amides is 2. The summed E-state index contributed by atoms with van der Waals surface area (Å²) < 4.78 is 28.8. The van der Waals surface area contributed by atoms with Crippen molar-refractivity contribution in [2.75, 3.05) is 17.4 Å². The van der Waals surface area contributed by atoms with Crippen molar-refractivity contribution in [1.29, 1.82) is 0 Å². The number of sulfonamides is 1. The molecule has 2 amide bonds. The van der Waals surface area contributed by atoms with E-state index in [4.69, 9.17) is 11.6 Å². The van der Waals surface area contributed by atoms with Crippen molar-refractivity contribution >= 4 is 39.1 Å². The normalized spacial score (nSPS) is 12.2. The SMILES string of the molecule is CCC(C(=O)NCC(C)C)N(Cc1ccc(C)cc1)C(=O)CN(c1ccc(C)cc1)S(=O)(=O)c1ccc(Cl)cc1. The van der Waals surface area contributed by atoms with E-state index in [0.717, 1.165) is 21.0 Å². The van der Waals surface area contributed by atoms with Crippen LogP contribution in [0.15, 0.2) is 77.7 Å². The summed E-state index contributed by atoms with van der Waals surface area (Å²) in [4.78, 5) is 28.8. The molecule has 0 heterocycles. The lowest BCUT2D eigenvalue weighted by molar-refractivity contribution is -0.140. The summed E-state index contributed by atoms with van der Waals surface area (Å²) in [7, 11) is -4.14. The van der Waals surface area contributed by atoms with E-state index in [9.17, 15) is 18.0 Å². The minimum atomic E-state index is -4.14. The van der Waals surface area contributed by atoms with Crippen molar-refractivity contribution in [2.24, 2.45) is 5.92 Å². The lowest BCUT2D eigenvalue weighted by atomic mass is 10.1. The number of carbonyl (C=O) groups excluding carboxylic acids is 2. The summed E-state index contributed by atoms with van der Waals surface area (Å²) in [5.74, 6) is -0.506. The van der Waals surface area contributed by atoms with Gasteiger partial charge in [0.15, 0.2) is 0 Å². The molecule has 1 unspecified atom stereocenters. The van der Waals surface area contributed by atoms with Gasteiger partial charge in [-0.15, -0.1) is 0 Å². The van der Waals surface area contributed by atoms with E-state index in [1.54, 1.807) is 24.3 Å². The number of hydrogen-bond acceptors (Lipinski definition) is 4. The third kappa shape index (κ3) is 8.08. The van der Waals surface area contributed by atoms with Crippen LogP contribution in [0.2, 0.25) is 5.02 Å². The molecule has 1 N–H and O–H groups in total. The number of hydrogen-bond donors (Lipinski definition) is 1. The fourth-order valence-electron chi connectivity index (χ4n) is 4.21. The van der Waals surface area contributed by atoms with Gasteiger partial charge in [0.05, 0.1) is 10.6 Å². The Labute approximate surface area is 243 Å². The summed E-state index contributed by atoms with van der Waals surface area (Å²) in [6.07, 6.45) is 0.371. The van der Waals surface area contributed by atoms with E-state index in [1.807, 2.05) is 58.9 Å². The molecule has 214 valence electrons. The van der Waals surface area contributed by atoms with Crippen LogP contribution in [0.4, 0.5) is 5.69 Å². The summed E-state index contributed by atoms with van der Waals surface area (Å²) in [6.45, 7) is 9.87. The highest BCUT2D eigenvalue weighted by molar-refractivity contribution is 7.92. The van der Waals surface area contributed by atoms with E-state index in [1.165, 1.54) is 29.2 Å². The van der Waals surface area contributed by atoms with Crippen molar-refractivity contribution < 1.29 is 18.0 Å². The van der Waals surface area contributed by atoms with Gasteiger partial charge in [0.25, 0.3) is 10.0 Å². The number of nitrogens with zero attached hydrogens (tertiary/aromatic N) is 2. The van der Waals surface area contributed by atoms with Crippen LogP contribution in [0.5, 0.6) is 0 Å². The van der Waals surface area contributed by atoms with Gasteiger partial charge in [0.1, 0.15) is 12.6 Å². The molecular weight excluding hydrogens is 546 g/mol. The van der Waals surface area contributed by atoms with Crippen molar-refractivity contribution in [2.45, 2.75) is 58.5 Å². The molecule has 40 heavy (non-hydrogen) atoms. The summed E-state index contributed by atoms with van der Waals surface area (Å²) >= 11 is 6.01. The second-order valence-corrected chi connectivity index (χ2v) is 12.7. The van der Waals surface area contributed by atoms with Crippen LogP contribution in [0.3, 0.4) is 0 Å². The highest BCUT2D eigenvalue weighted by atomic mass is 35.5. The van der Waals surface area contributed by atoms with E-state index in [2.05, 4.69) is 5.32 Å². The summed E-state index contributed by atoms with van der Waals surface area (Å²) in [5.41, 5.74) is 3.22. The third-order valence-electron chi connectivity index (χ3n) is 6.55. The van der Waals surface area contributed by atoms with Crippen molar-refractivity contribution in [3.8, 4) is 0 Å². The number of halogens is 1. The Morgan fingerprint density at radius 2 is 1.43 bits per heavy atom. The quantitative estimate of drug-likeness (QED) is 0.295. The highest BCUT2D eigenvalue weighted by Gasteiger charge is 2.33. The van der Waals surface area contributed by atoms with E-state index < -0.39 is 28.5 Å². The number of carbonyl (C=O) groups is 2. The van der Waals surface area contributed by atoms with Crippen LogP contribution >= 0.6 is 11.6 Å². The number of benzene rings is 3. The summed E-state index contributed by atoms with van der Waals surface area (Å²) in [6, 6.07) is 19.7. The molecule has 1 atom stereocenters. The Morgan fingerprint density at radius 1 is 0.875 bits per heavy atom. The molecule has 0 saturated heterocycles. The predicted octanol–water partition coefficient (Wildman–Crippen LogP) is 5.73. The molecule has 0 aliphatic rings. The Hall–Kier alpha value is -3.36. The minimum absolute atomic E-state index is 0.0112. The van der Waals surface area contributed by atoms with Gasteiger partial charge in [0, 0.05) is 18.1 Å². The average molecular weight is 584 g/mol. The average Bonchev–Trinajstić information content (AvgIpc) is 2.92. The van der Waals surface area contributed by atoms with Crippen LogP contribution in [-0.2, 0) is 26.2 Å². The van der Waals surface area contributed by atoms with Crippen molar-refractivity contribution in [3.05, 3.63) is 94.5 Å². The Kier molecular flexibility index (Phi) is 10.8. The van der Waals surface area contributed by atoms with Crippen LogP contribution in [0.25, 0.3) is 0 Å². The molecule has 0 aromatic heterocycles. The zero-order valence-corrected chi connectivity index (χ0v) is 25.3. The predicted molar refractivity (Wildman–Crippen MR) is 161 cm³/mol. The van der Waals surface area contributed by atoms with Crippen LogP contribution < -0.4 is 9.62 Å². The zero-order chi connectivity index (χ0) is 29.4. The van der Waals surface area contributed by atoms with Crippen molar-refractivity contribution in [3.63, 3.8) is 0 Å². The highest BCUT2D eigenvalue weighted by Crippen LogP contribution is 2.26. The second kappa shape index (κ2) is 13.8.